The lowest BCUT2D eigenvalue weighted by atomic mass is 10.1. The molecule has 0 aliphatic rings. The first-order valence-corrected chi connectivity index (χ1v) is 6.35. The van der Waals surface area contributed by atoms with Gasteiger partial charge in [0.25, 0.3) is 0 Å². The first-order chi connectivity index (χ1) is 9.24. The Morgan fingerprint density at radius 1 is 1.35 bits per heavy atom. The lowest BCUT2D eigenvalue weighted by Gasteiger charge is -2.17. The highest BCUT2D eigenvalue weighted by molar-refractivity contribution is 6.37. The second-order valence-electron chi connectivity index (χ2n) is 4.27. The molecule has 0 aliphatic carbocycles. The van der Waals surface area contributed by atoms with Crippen LogP contribution in [0.2, 0.25) is 10.0 Å². The van der Waals surface area contributed by atoms with Crippen molar-refractivity contribution >= 4 is 41.2 Å². The molecule has 0 spiro atoms. The molecule has 1 aromatic rings. The summed E-state index contributed by atoms with van der Waals surface area (Å²) in [5, 5.41) is 21.2. The van der Waals surface area contributed by atoms with E-state index in [0.717, 1.165) is 13.0 Å². The van der Waals surface area contributed by atoms with Crippen molar-refractivity contribution in [2.24, 2.45) is 0 Å². The Labute approximate surface area is 125 Å². The standard InChI is InChI=1S/C13H13Cl2NO4/c1-13(20,12(18)19)7-16-11(17)6-5-8-9(14)3-2-4-10(8)15/h2-6,20H,7H2,1H3,(H,16,17)(H,18,19). The van der Waals surface area contributed by atoms with Gasteiger partial charge in [0.05, 0.1) is 6.54 Å². The van der Waals surface area contributed by atoms with Crippen LogP contribution in [-0.2, 0) is 9.59 Å². The summed E-state index contributed by atoms with van der Waals surface area (Å²) >= 11 is 11.8. The van der Waals surface area contributed by atoms with Crippen molar-refractivity contribution in [1.29, 1.82) is 0 Å². The molecule has 1 unspecified atom stereocenters. The molecule has 0 saturated heterocycles. The number of carbonyl (C=O) groups excluding carboxylic acids is 1. The Morgan fingerprint density at radius 3 is 2.40 bits per heavy atom. The molecular formula is C13H13Cl2NO4. The van der Waals surface area contributed by atoms with Gasteiger partial charge in [0.1, 0.15) is 0 Å². The van der Waals surface area contributed by atoms with Gasteiger partial charge in [0.2, 0.25) is 5.91 Å². The molecule has 20 heavy (non-hydrogen) atoms. The second kappa shape index (κ2) is 6.74. The van der Waals surface area contributed by atoms with E-state index >= 15 is 0 Å². The maximum atomic E-state index is 11.5. The Kier molecular flexibility index (Phi) is 5.56. The van der Waals surface area contributed by atoms with E-state index in [2.05, 4.69) is 5.32 Å². The Balaban J connectivity index is 2.68. The number of carbonyl (C=O) groups is 2. The van der Waals surface area contributed by atoms with Crippen LogP contribution in [0.15, 0.2) is 24.3 Å². The van der Waals surface area contributed by atoms with E-state index in [4.69, 9.17) is 28.3 Å². The Hall–Kier alpha value is -1.56. The molecule has 0 heterocycles. The number of aliphatic hydroxyl groups is 1. The molecule has 0 saturated carbocycles. The summed E-state index contributed by atoms with van der Waals surface area (Å²) in [5.74, 6) is -1.99. The normalized spacial score (nSPS) is 14.0. The van der Waals surface area contributed by atoms with Gasteiger partial charge in [0.15, 0.2) is 5.60 Å². The zero-order valence-corrected chi connectivity index (χ0v) is 12.1. The number of nitrogens with one attached hydrogen (secondary N) is 1. The van der Waals surface area contributed by atoms with Crippen molar-refractivity contribution in [3.8, 4) is 0 Å². The van der Waals surface area contributed by atoms with E-state index in [1.165, 1.54) is 6.08 Å². The van der Waals surface area contributed by atoms with Crippen LogP contribution >= 0.6 is 23.2 Å². The van der Waals surface area contributed by atoms with Crippen molar-refractivity contribution in [2.75, 3.05) is 6.54 Å². The zero-order valence-electron chi connectivity index (χ0n) is 10.6. The van der Waals surface area contributed by atoms with Gasteiger partial charge in [-0.1, -0.05) is 29.3 Å². The summed E-state index contributed by atoms with van der Waals surface area (Å²) < 4.78 is 0. The van der Waals surface area contributed by atoms with Gasteiger partial charge >= 0.3 is 5.97 Å². The Bertz CT molecular complexity index is 535. The summed E-state index contributed by atoms with van der Waals surface area (Å²) in [6.45, 7) is 0.673. The number of rotatable bonds is 5. The number of amides is 1. The number of hydrogen-bond acceptors (Lipinski definition) is 3. The third-order valence-electron chi connectivity index (χ3n) is 2.47. The third kappa shape index (κ3) is 4.52. The van der Waals surface area contributed by atoms with Gasteiger partial charge in [-0.05, 0) is 25.1 Å². The molecule has 0 aliphatic heterocycles. The van der Waals surface area contributed by atoms with Crippen LogP contribution in [-0.4, -0.2) is 34.2 Å². The molecule has 5 nitrogen and oxygen atoms in total. The lowest BCUT2D eigenvalue weighted by Crippen LogP contribution is -2.46. The minimum Gasteiger partial charge on any atom is -0.479 e. The van der Waals surface area contributed by atoms with E-state index in [0.29, 0.717) is 15.6 Å². The zero-order chi connectivity index (χ0) is 15.3. The smallest absolute Gasteiger partial charge is 0.337 e. The summed E-state index contributed by atoms with van der Waals surface area (Å²) in [4.78, 5) is 22.2. The van der Waals surface area contributed by atoms with Gasteiger partial charge in [-0.25, -0.2) is 4.79 Å². The fraction of sp³-hybridized carbons (Fsp3) is 0.231. The first kappa shape index (κ1) is 16.5. The molecule has 1 rings (SSSR count). The number of halogens is 2. The largest absolute Gasteiger partial charge is 0.479 e. The van der Waals surface area contributed by atoms with E-state index in [9.17, 15) is 14.7 Å². The molecule has 7 heteroatoms. The molecular weight excluding hydrogens is 305 g/mol. The quantitative estimate of drug-likeness (QED) is 0.724. The van der Waals surface area contributed by atoms with E-state index in [1.807, 2.05) is 0 Å². The van der Waals surface area contributed by atoms with Crippen molar-refractivity contribution < 1.29 is 19.8 Å². The fourth-order valence-electron chi connectivity index (χ4n) is 1.22. The minimum atomic E-state index is -2.02. The van der Waals surface area contributed by atoms with Crippen LogP contribution in [0.3, 0.4) is 0 Å². The first-order valence-electron chi connectivity index (χ1n) is 5.60. The highest BCUT2D eigenvalue weighted by Gasteiger charge is 2.29. The molecule has 0 aromatic heterocycles. The molecule has 1 aromatic carbocycles. The topological polar surface area (TPSA) is 86.6 Å². The molecule has 0 fully saturated rings. The van der Waals surface area contributed by atoms with E-state index in [1.54, 1.807) is 18.2 Å². The van der Waals surface area contributed by atoms with Crippen LogP contribution in [0.1, 0.15) is 12.5 Å². The van der Waals surface area contributed by atoms with Crippen LogP contribution in [0.25, 0.3) is 6.08 Å². The number of carboxylic acids is 1. The molecule has 0 bridgehead atoms. The maximum Gasteiger partial charge on any atom is 0.337 e. The highest BCUT2D eigenvalue weighted by atomic mass is 35.5. The van der Waals surface area contributed by atoms with Crippen molar-refractivity contribution in [3.63, 3.8) is 0 Å². The SMILES string of the molecule is CC(O)(CNC(=O)C=Cc1c(Cl)cccc1Cl)C(=O)O. The highest BCUT2D eigenvalue weighted by Crippen LogP contribution is 2.25. The lowest BCUT2D eigenvalue weighted by molar-refractivity contribution is -0.156. The summed E-state index contributed by atoms with van der Waals surface area (Å²) in [6.07, 6.45) is 2.57. The van der Waals surface area contributed by atoms with Gasteiger partial charge in [-0.3, -0.25) is 4.79 Å². The van der Waals surface area contributed by atoms with Crippen molar-refractivity contribution in [1.82, 2.24) is 5.32 Å². The van der Waals surface area contributed by atoms with Gasteiger partial charge < -0.3 is 15.5 Å². The van der Waals surface area contributed by atoms with Crippen molar-refractivity contribution in [2.45, 2.75) is 12.5 Å². The summed E-state index contributed by atoms with van der Waals surface area (Å²) in [5.41, 5.74) is -1.54. The summed E-state index contributed by atoms with van der Waals surface area (Å²) in [6, 6.07) is 4.92. The maximum absolute atomic E-state index is 11.5. The molecule has 3 N–H and O–H groups in total. The van der Waals surface area contributed by atoms with Crippen molar-refractivity contribution in [3.05, 3.63) is 39.9 Å². The molecule has 0 radical (unpaired) electrons. The van der Waals surface area contributed by atoms with E-state index < -0.39 is 24.0 Å². The van der Waals surface area contributed by atoms with Crippen LogP contribution in [0.5, 0.6) is 0 Å². The summed E-state index contributed by atoms with van der Waals surface area (Å²) in [7, 11) is 0. The average molecular weight is 318 g/mol. The van der Waals surface area contributed by atoms with Crippen LogP contribution < -0.4 is 5.32 Å². The van der Waals surface area contributed by atoms with Crippen LogP contribution in [0, 0.1) is 0 Å². The number of benzene rings is 1. The second-order valence-corrected chi connectivity index (χ2v) is 5.08. The monoisotopic (exact) mass is 317 g/mol. The Morgan fingerprint density at radius 2 is 1.90 bits per heavy atom. The predicted molar refractivity (Wildman–Crippen MR) is 76.8 cm³/mol. The fourth-order valence-corrected chi connectivity index (χ4v) is 1.75. The van der Waals surface area contributed by atoms with Crippen LogP contribution in [0.4, 0.5) is 0 Å². The van der Waals surface area contributed by atoms with Gasteiger partial charge in [-0.15, -0.1) is 0 Å². The van der Waals surface area contributed by atoms with Gasteiger partial charge in [0, 0.05) is 21.7 Å². The number of hydrogen-bond donors (Lipinski definition) is 3. The third-order valence-corrected chi connectivity index (χ3v) is 3.13. The number of aliphatic carboxylic acids is 1. The molecule has 108 valence electrons. The van der Waals surface area contributed by atoms with E-state index in [-0.39, 0.29) is 0 Å². The predicted octanol–water partition coefficient (Wildman–Crippen LogP) is 1.96. The minimum absolute atomic E-state index is 0.388. The number of carboxylic acid groups (broad SMARTS) is 1. The molecule has 1 atom stereocenters. The van der Waals surface area contributed by atoms with Gasteiger partial charge in [-0.2, -0.15) is 0 Å². The molecule has 1 amide bonds. The average Bonchev–Trinajstić information content (AvgIpc) is 2.35.